The third-order valence-corrected chi connectivity index (χ3v) is 7.76. The molecule has 8 nitrogen and oxygen atoms in total. The van der Waals surface area contributed by atoms with E-state index in [9.17, 15) is 8.42 Å². The number of likely N-dealkylation sites (tertiary alicyclic amines) is 1. The number of hydrazone groups is 1. The Balaban J connectivity index is 1.59. The van der Waals surface area contributed by atoms with Crippen LogP contribution in [0.2, 0.25) is 0 Å². The molecule has 1 fully saturated rings. The fourth-order valence-corrected chi connectivity index (χ4v) is 5.55. The van der Waals surface area contributed by atoms with Crippen LogP contribution in [-0.4, -0.2) is 53.4 Å². The molecule has 0 aromatic heterocycles. The first-order valence-electron chi connectivity index (χ1n) is 11.9. The largest absolute Gasteiger partial charge is 0.497 e. The van der Waals surface area contributed by atoms with Gasteiger partial charge in [-0.3, -0.25) is 5.01 Å². The maximum Gasteiger partial charge on any atom is 0.238 e. The lowest BCUT2D eigenvalue weighted by Gasteiger charge is -2.34. The monoisotopic (exact) mass is 518 g/mol. The van der Waals surface area contributed by atoms with E-state index in [4.69, 9.17) is 19.7 Å². The molecule has 0 spiro atoms. The van der Waals surface area contributed by atoms with Crippen molar-refractivity contribution in [1.29, 1.82) is 0 Å². The zero-order valence-corrected chi connectivity index (χ0v) is 21.9. The van der Waals surface area contributed by atoms with Crippen molar-refractivity contribution >= 4 is 27.5 Å². The van der Waals surface area contributed by atoms with Gasteiger partial charge in [0.2, 0.25) is 10.0 Å². The van der Waals surface area contributed by atoms with Crippen LogP contribution in [0.4, 0.5) is 5.69 Å². The lowest BCUT2D eigenvalue weighted by atomic mass is 9.83. The van der Waals surface area contributed by atoms with Crippen LogP contribution in [0.5, 0.6) is 11.5 Å². The molecule has 3 aromatic carbocycles. The van der Waals surface area contributed by atoms with Gasteiger partial charge in [-0.25, -0.2) is 13.6 Å². The highest BCUT2D eigenvalue weighted by Gasteiger charge is 2.43. The van der Waals surface area contributed by atoms with Crippen LogP contribution in [0.15, 0.2) is 88.4 Å². The summed E-state index contributed by atoms with van der Waals surface area (Å²) in [4.78, 5) is 2.38. The normalized spacial score (nSPS) is 21.0. The van der Waals surface area contributed by atoms with Crippen LogP contribution in [0.1, 0.15) is 17.2 Å². The molecular weight excluding hydrogens is 488 g/mol. The van der Waals surface area contributed by atoms with Crippen molar-refractivity contribution < 1.29 is 17.9 Å². The Morgan fingerprint density at radius 3 is 2.08 bits per heavy atom. The zero-order chi connectivity index (χ0) is 26.2. The number of likely N-dealkylation sites (N-methyl/N-ethyl adjacent to an activating group) is 1. The summed E-state index contributed by atoms with van der Waals surface area (Å²) in [6.07, 6.45) is 2.18. The molecule has 1 saturated heterocycles. The van der Waals surface area contributed by atoms with E-state index in [0.717, 1.165) is 52.7 Å². The average molecular weight is 519 g/mol. The van der Waals surface area contributed by atoms with E-state index in [1.807, 2.05) is 41.4 Å². The minimum atomic E-state index is -3.79. The number of fused-ring (bicyclic) bond motifs is 1. The van der Waals surface area contributed by atoms with Crippen molar-refractivity contribution in [2.24, 2.45) is 16.2 Å². The Morgan fingerprint density at radius 2 is 1.51 bits per heavy atom. The van der Waals surface area contributed by atoms with E-state index in [2.05, 4.69) is 30.2 Å². The third-order valence-electron chi connectivity index (χ3n) is 6.83. The lowest BCUT2D eigenvalue weighted by molar-refractivity contribution is 0.303. The second-order valence-electron chi connectivity index (χ2n) is 9.33. The van der Waals surface area contributed by atoms with Gasteiger partial charge in [-0.05, 0) is 78.4 Å². The number of sulfonamides is 1. The predicted octanol–water partition coefficient (Wildman–Crippen LogP) is 3.91. The van der Waals surface area contributed by atoms with E-state index in [1.165, 1.54) is 12.1 Å². The van der Waals surface area contributed by atoms with Crippen molar-refractivity contribution in [3.8, 4) is 11.5 Å². The first kappa shape index (κ1) is 25.0. The molecule has 5 rings (SSSR count). The van der Waals surface area contributed by atoms with Gasteiger partial charge in [0.25, 0.3) is 0 Å². The van der Waals surface area contributed by atoms with Crippen LogP contribution in [0.3, 0.4) is 0 Å². The van der Waals surface area contributed by atoms with E-state index in [0.29, 0.717) is 0 Å². The van der Waals surface area contributed by atoms with Gasteiger partial charge >= 0.3 is 0 Å². The summed E-state index contributed by atoms with van der Waals surface area (Å²) >= 11 is 0. The quantitative estimate of drug-likeness (QED) is 0.531. The summed E-state index contributed by atoms with van der Waals surface area (Å²) in [5, 5.41) is 12.5. The second kappa shape index (κ2) is 10.0. The number of hydrogen-bond donors (Lipinski definition) is 1. The van der Waals surface area contributed by atoms with Gasteiger partial charge in [-0.15, -0.1) is 0 Å². The number of benzene rings is 3. The number of nitrogens with two attached hydrogens (primary N) is 1. The molecule has 0 amide bonds. The Kier molecular flexibility index (Phi) is 6.76. The lowest BCUT2D eigenvalue weighted by Crippen LogP contribution is -2.41. The van der Waals surface area contributed by atoms with Crippen molar-refractivity contribution in [3.63, 3.8) is 0 Å². The summed E-state index contributed by atoms with van der Waals surface area (Å²) in [5.41, 5.74) is 5.14. The van der Waals surface area contributed by atoms with Crippen molar-refractivity contribution in [3.05, 3.63) is 89.5 Å². The molecule has 192 valence electrons. The topological polar surface area (TPSA) is 97.5 Å². The molecule has 2 aliphatic heterocycles. The van der Waals surface area contributed by atoms with Gasteiger partial charge in [0.1, 0.15) is 11.5 Å². The van der Waals surface area contributed by atoms with Gasteiger partial charge in [0.15, 0.2) is 0 Å². The molecule has 0 radical (unpaired) electrons. The van der Waals surface area contributed by atoms with Gasteiger partial charge in [0.05, 0.1) is 36.6 Å². The smallest absolute Gasteiger partial charge is 0.238 e. The van der Waals surface area contributed by atoms with Gasteiger partial charge in [-0.2, -0.15) is 5.10 Å². The van der Waals surface area contributed by atoms with Crippen LogP contribution < -0.4 is 19.6 Å². The Bertz CT molecular complexity index is 1430. The summed E-state index contributed by atoms with van der Waals surface area (Å²) in [5.74, 6) is 1.70. The molecular formula is C28H30N4O4S. The molecule has 3 aromatic rings. The number of methoxy groups -OCH3 is 2. The van der Waals surface area contributed by atoms with Crippen LogP contribution in [0.25, 0.3) is 6.08 Å². The third kappa shape index (κ3) is 5.11. The number of ether oxygens (including phenoxy) is 2. The van der Waals surface area contributed by atoms with Crippen molar-refractivity contribution in [1.82, 2.24) is 4.90 Å². The van der Waals surface area contributed by atoms with E-state index < -0.39 is 10.0 Å². The van der Waals surface area contributed by atoms with E-state index >= 15 is 0 Å². The van der Waals surface area contributed by atoms with Crippen molar-refractivity contribution in [2.75, 3.05) is 39.4 Å². The molecule has 2 atom stereocenters. The summed E-state index contributed by atoms with van der Waals surface area (Å²) in [6.45, 7) is 1.61. The maximum absolute atomic E-state index is 11.8. The summed E-state index contributed by atoms with van der Waals surface area (Å²) in [6, 6.07) is 22.5. The number of primary sulfonamides is 1. The number of piperidine rings is 1. The first-order valence-corrected chi connectivity index (χ1v) is 13.5. The number of rotatable bonds is 6. The van der Waals surface area contributed by atoms with Gasteiger partial charge in [0, 0.05) is 19.0 Å². The molecule has 0 bridgehead atoms. The zero-order valence-electron chi connectivity index (χ0n) is 21.0. The standard InChI is InChI=1S/C28H30N4O4S/c1-31-17-21(16-19-4-10-23(35-2)11-5-19)27-26(18-31)28(20-6-12-24(36-3)13-7-20)32(30-27)22-8-14-25(15-9-22)37(29,33)34/h4-16,26,28H,17-18H2,1-3H3,(H2,29,33,34)/b21-16+. The minimum Gasteiger partial charge on any atom is -0.497 e. The summed E-state index contributed by atoms with van der Waals surface area (Å²) in [7, 11) is 1.64. The molecule has 37 heavy (non-hydrogen) atoms. The van der Waals surface area contributed by atoms with Crippen LogP contribution in [0, 0.1) is 5.92 Å². The van der Waals surface area contributed by atoms with Gasteiger partial charge in [-0.1, -0.05) is 24.3 Å². The molecule has 0 aliphatic carbocycles. The number of nitrogens with zero attached hydrogens (tertiary/aromatic N) is 3. The minimum absolute atomic E-state index is 0.0707. The molecule has 2 N–H and O–H groups in total. The average Bonchev–Trinajstić information content (AvgIpc) is 3.28. The molecule has 2 heterocycles. The highest BCUT2D eigenvalue weighted by molar-refractivity contribution is 7.89. The second-order valence-corrected chi connectivity index (χ2v) is 10.9. The SMILES string of the molecule is COc1ccc(/C=C2\CN(C)CC3C2=NN(c2ccc(S(N)(=O)=O)cc2)C3c2ccc(OC)cc2)cc1. The van der Waals surface area contributed by atoms with Crippen LogP contribution in [-0.2, 0) is 10.0 Å². The highest BCUT2D eigenvalue weighted by Crippen LogP contribution is 2.43. The summed E-state index contributed by atoms with van der Waals surface area (Å²) < 4.78 is 34.3. The molecule has 2 aliphatic rings. The first-order chi connectivity index (χ1) is 17.8. The number of anilines is 1. The Morgan fingerprint density at radius 1 is 0.919 bits per heavy atom. The predicted molar refractivity (Wildman–Crippen MR) is 145 cm³/mol. The fraction of sp³-hybridized carbons (Fsp3) is 0.250. The van der Waals surface area contributed by atoms with Crippen molar-refractivity contribution in [2.45, 2.75) is 10.9 Å². The Hall–Kier alpha value is -3.66. The molecule has 9 heteroatoms. The number of hydrogen-bond acceptors (Lipinski definition) is 7. The van der Waals surface area contributed by atoms with Gasteiger partial charge < -0.3 is 14.4 Å². The molecule has 0 saturated carbocycles. The Labute approximate surface area is 217 Å². The maximum atomic E-state index is 11.8. The highest BCUT2D eigenvalue weighted by atomic mass is 32.2. The molecule has 2 unspecified atom stereocenters. The van der Waals surface area contributed by atoms with E-state index in [1.54, 1.807) is 26.4 Å². The fourth-order valence-electron chi connectivity index (χ4n) is 5.04. The van der Waals surface area contributed by atoms with E-state index in [-0.39, 0.29) is 16.9 Å². The van der Waals surface area contributed by atoms with Crippen LogP contribution >= 0.6 is 0 Å².